The fourth-order valence-corrected chi connectivity index (χ4v) is 5.96. The largest absolute Gasteiger partial charge is 0.493 e. The Morgan fingerprint density at radius 2 is 1.89 bits per heavy atom. The summed E-state index contributed by atoms with van der Waals surface area (Å²) in [5.41, 5.74) is 6.35. The molecule has 174 valence electrons. The van der Waals surface area contributed by atoms with Gasteiger partial charge in [0.25, 0.3) is 5.56 Å². The highest BCUT2D eigenvalue weighted by molar-refractivity contribution is 7.07. The van der Waals surface area contributed by atoms with Gasteiger partial charge >= 0.3 is 0 Å². The van der Waals surface area contributed by atoms with Gasteiger partial charge < -0.3 is 9.47 Å². The molecule has 0 N–H and O–H groups in total. The summed E-state index contributed by atoms with van der Waals surface area (Å²) in [5.74, 6) is 1.29. The van der Waals surface area contributed by atoms with Crippen LogP contribution >= 0.6 is 11.3 Å². The molecule has 6 nitrogen and oxygen atoms in total. The molecule has 2 aliphatic rings. The Morgan fingerprint density at radius 3 is 2.69 bits per heavy atom. The molecule has 0 spiro atoms. The number of hydrogen-bond donors (Lipinski definition) is 0. The Kier molecular flexibility index (Phi) is 5.34. The summed E-state index contributed by atoms with van der Waals surface area (Å²) in [7, 11) is 3.25. The first-order valence-corrected chi connectivity index (χ1v) is 12.2. The number of aryl methyl sites for hydroxylation is 1. The Balaban J connectivity index is 1.63. The van der Waals surface area contributed by atoms with Gasteiger partial charge in [0.2, 0.25) is 0 Å². The zero-order valence-corrected chi connectivity index (χ0v) is 20.2. The van der Waals surface area contributed by atoms with Crippen molar-refractivity contribution in [1.82, 2.24) is 9.55 Å². The van der Waals surface area contributed by atoms with E-state index in [0.29, 0.717) is 20.8 Å². The van der Waals surface area contributed by atoms with Gasteiger partial charge in [-0.2, -0.15) is 0 Å². The van der Waals surface area contributed by atoms with Crippen molar-refractivity contribution in [2.45, 2.75) is 18.9 Å². The molecule has 1 aliphatic heterocycles. The second-order valence-corrected chi connectivity index (χ2v) is 9.52. The van der Waals surface area contributed by atoms with Crippen LogP contribution in [0.3, 0.4) is 0 Å². The summed E-state index contributed by atoms with van der Waals surface area (Å²) in [6, 6.07) is 17.8. The molecule has 2 aromatic heterocycles. The molecular weight excluding hydrogens is 458 g/mol. The smallest absolute Gasteiger partial charge is 0.271 e. The van der Waals surface area contributed by atoms with Gasteiger partial charge in [-0.3, -0.25) is 14.3 Å². The van der Waals surface area contributed by atoms with Gasteiger partial charge in [-0.05, 0) is 59.4 Å². The Morgan fingerprint density at radius 1 is 1.03 bits per heavy atom. The highest BCUT2D eigenvalue weighted by Gasteiger charge is 2.33. The third kappa shape index (κ3) is 3.59. The van der Waals surface area contributed by atoms with E-state index in [1.54, 1.807) is 26.6 Å². The van der Waals surface area contributed by atoms with E-state index in [9.17, 15) is 4.79 Å². The van der Waals surface area contributed by atoms with Crippen molar-refractivity contribution in [3.63, 3.8) is 0 Å². The zero-order chi connectivity index (χ0) is 23.9. The van der Waals surface area contributed by atoms with Crippen LogP contribution in [0.2, 0.25) is 0 Å². The molecule has 2 aromatic carbocycles. The fourth-order valence-electron chi connectivity index (χ4n) is 4.96. The van der Waals surface area contributed by atoms with Crippen LogP contribution in [0.4, 0.5) is 0 Å². The third-order valence-electron chi connectivity index (χ3n) is 6.58. The van der Waals surface area contributed by atoms with E-state index in [1.165, 1.54) is 16.9 Å². The first kappa shape index (κ1) is 21.6. The average molecular weight is 482 g/mol. The van der Waals surface area contributed by atoms with Crippen LogP contribution in [0.5, 0.6) is 11.5 Å². The summed E-state index contributed by atoms with van der Waals surface area (Å²) in [6.45, 7) is 0. The van der Waals surface area contributed by atoms with Crippen LogP contribution < -0.4 is 24.4 Å². The summed E-state index contributed by atoms with van der Waals surface area (Å²) in [6.07, 6.45) is 7.11. The van der Waals surface area contributed by atoms with Crippen molar-refractivity contribution in [1.29, 1.82) is 0 Å². The van der Waals surface area contributed by atoms with Gasteiger partial charge in [0.15, 0.2) is 16.3 Å². The maximum Gasteiger partial charge on any atom is 0.271 e. The molecule has 0 unspecified atom stereocenters. The first-order chi connectivity index (χ1) is 17.2. The fraction of sp³-hybridized carbons (Fsp3) is 0.179. The van der Waals surface area contributed by atoms with Crippen LogP contribution in [0.1, 0.15) is 34.7 Å². The van der Waals surface area contributed by atoms with E-state index in [4.69, 9.17) is 14.5 Å². The predicted molar refractivity (Wildman–Crippen MR) is 137 cm³/mol. The normalized spacial score (nSPS) is 16.7. The second kappa shape index (κ2) is 8.67. The number of rotatable bonds is 4. The van der Waals surface area contributed by atoms with Gasteiger partial charge in [0.05, 0.1) is 30.5 Å². The first-order valence-electron chi connectivity index (χ1n) is 11.4. The molecular formula is C28H23N3O3S. The number of nitrogens with zero attached hydrogens (tertiary/aromatic N) is 3. The molecule has 7 heteroatoms. The van der Waals surface area contributed by atoms with Crippen molar-refractivity contribution in [2.75, 3.05) is 14.2 Å². The van der Waals surface area contributed by atoms with Crippen LogP contribution in [0.25, 0.3) is 11.8 Å². The predicted octanol–water partition coefficient (Wildman–Crippen LogP) is 3.73. The van der Waals surface area contributed by atoms with E-state index in [0.717, 1.165) is 40.8 Å². The number of aromatic nitrogens is 2. The standard InChI is InChI=1S/C28H23N3O3S/c1-33-22-12-10-19(15-23(22)34-2)26-21-11-9-18-7-3-4-8-20(18)25(21)30-28-31(26)27(32)24(35-28)14-17-6-5-13-29-16-17/h3-8,10,12-16,26H,9,11H2,1-2H3/b24-14-/t26-/m1/s1. The minimum atomic E-state index is -0.273. The lowest BCUT2D eigenvalue weighted by Gasteiger charge is -2.31. The van der Waals surface area contributed by atoms with E-state index >= 15 is 0 Å². The molecule has 6 rings (SSSR count). The number of methoxy groups -OCH3 is 2. The number of ether oxygens (including phenoxy) is 2. The lowest BCUT2D eigenvalue weighted by atomic mass is 9.83. The number of hydrogen-bond acceptors (Lipinski definition) is 6. The molecule has 1 atom stereocenters. The quantitative estimate of drug-likeness (QED) is 0.446. The van der Waals surface area contributed by atoms with Crippen LogP contribution in [-0.4, -0.2) is 23.8 Å². The second-order valence-electron chi connectivity index (χ2n) is 8.51. The van der Waals surface area contributed by atoms with Gasteiger partial charge in [-0.1, -0.05) is 47.7 Å². The highest BCUT2D eigenvalue weighted by Crippen LogP contribution is 2.42. The van der Waals surface area contributed by atoms with E-state index in [2.05, 4.69) is 23.2 Å². The van der Waals surface area contributed by atoms with Crippen LogP contribution in [0, 0.1) is 0 Å². The molecule has 4 aromatic rings. The van der Waals surface area contributed by atoms with Gasteiger partial charge in [-0.25, -0.2) is 4.99 Å². The summed E-state index contributed by atoms with van der Waals surface area (Å²) in [5, 5.41) is 0. The lowest BCUT2D eigenvalue weighted by molar-refractivity contribution is 0.354. The van der Waals surface area contributed by atoms with Gasteiger partial charge in [0.1, 0.15) is 0 Å². The molecule has 35 heavy (non-hydrogen) atoms. The molecule has 1 aliphatic carbocycles. The molecule has 0 radical (unpaired) electrons. The topological polar surface area (TPSA) is 65.7 Å². The zero-order valence-electron chi connectivity index (χ0n) is 19.4. The van der Waals surface area contributed by atoms with E-state index in [-0.39, 0.29) is 11.6 Å². The monoisotopic (exact) mass is 481 g/mol. The minimum absolute atomic E-state index is 0.0530. The SMILES string of the molecule is COc1ccc([C@@H]2C3=C(N=c4s/c(=C\c5cccnc5)c(=O)n42)c2ccccc2CC3)cc1OC. The number of allylic oxidation sites excluding steroid dienone is 1. The minimum Gasteiger partial charge on any atom is -0.493 e. The molecule has 0 amide bonds. The number of fused-ring (bicyclic) bond motifs is 3. The van der Waals surface area contributed by atoms with E-state index in [1.807, 2.05) is 47.0 Å². The number of benzene rings is 2. The molecule has 3 heterocycles. The van der Waals surface area contributed by atoms with Crippen LogP contribution in [0.15, 0.2) is 82.4 Å². The Bertz CT molecular complexity index is 1650. The Hall–Kier alpha value is -3.97. The lowest BCUT2D eigenvalue weighted by Crippen LogP contribution is -2.38. The molecule has 0 bridgehead atoms. The van der Waals surface area contributed by atoms with Crippen molar-refractivity contribution >= 4 is 23.1 Å². The number of pyridine rings is 1. The van der Waals surface area contributed by atoms with Crippen molar-refractivity contribution < 1.29 is 9.47 Å². The average Bonchev–Trinajstić information content (AvgIpc) is 3.21. The molecule has 0 saturated heterocycles. The van der Waals surface area contributed by atoms with Crippen LogP contribution in [-0.2, 0) is 6.42 Å². The highest BCUT2D eigenvalue weighted by atomic mass is 32.1. The van der Waals surface area contributed by atoms with Gasteiger partial charge in [-0.15, -0.1) is 0 Å². The molecule has 0 saturated carbocycles. The molecule has 0 fully saturated rings. The van der Waals surface area contributed by atoms with Gasteiger partial charge in [0, 0.05) is 18.0 Å². The van der Waals surface area contributed by atoms with Crippen molar-refractivity contribution in [2.24, 2.45) is 4.99 Å². The number of thiazole rings is 1. The summed E-state index contributed by atoms with van der Waals surface area (Å²) >= 11 is 1.41. The third-order valence-corrected chi connectivity index (χ3v) is 7.56. The maximum atomic E-state index is 13.8. The van der Waals surface area contributed by atoms with Crippen molar-refractivity contribution in [3.8, 4) is 11.5 Å². The Labute approximate surface area is 206 Å². The summed E-state index contributed by atoms with van der Waals surface area (Å²) in [4.78, 5) is 23.7. The van der Waals surface area contributed by atoms with E-state index < -0.39 is 0 Å². The maximum absolute atomic E-state index is 13.8. The van der Waals surface area contributed by atoms with Crippen molar-refractivity contribution in [3.05, 3.63) is 115 Å². The summed E-state index contributed by atoms with van der Waals surface area (Å²) < 4.78 is 13.5.